The summed E-state index contributed by atoms with van der Waals surface area (Å²) in [5.41, 5.74) is 7.23. The molecule has 0 spiro atoms. The van der Waals surface area contributed by atoms with Crippen molar-refractivity contribution in [1.29, 1.82) is 0 Å². The molecule has 2 aromatic carbocycles. The third-order valence-corrected chi connectivity index (χ3v) is 3.47. The molecular weight excluding hydrogens is 292 g/mol. The molecule has 1 aliphatic rings. The Kier molecular flexibility index (Phi) is 2.89. The van der Waals surface area contributed by atoms with Crippen LogP contribution in [0.4, 0.5) is 0 Å². The summed E-state index contributed by atoms with van der Waals surface area (Å²) in [6.07, 6.45) is 1.94. The first-order valence-electron chi connectivity index (χ1n) is 5.66. The molecule has 2 aromatic rings. The van der Waals surface area contributed by atoms with Crippen LogP contribution < -0.4 is 10.9 Å². The second-order valence-electron chi connectivity index (χ2n) is 4.19. The lowest BCUT2D eigenvalue weighted by Gasteiger charge is -2.03. The SMILES string of the molecule is O=C1NNC/C1=C\c1cccc2cc(Br)ccc12. The minimum absolute atomic E-state index is 0.0517. The third kappa shape index (κ3) is 2.05. The van der Waals surface area contributed by atoms with Gasteiger partial charge in [-0.25, -0.2) is 5.43 Å². The zero-order chi connectivity index (χ0) is 12.5. The highest BCUT2D eigenvalue weighted by atomic mass is 79.9. The summed E-state index contributed by atoms with van der Waals surface area (Å²) in [5, 5.41) is 2.30. The van der Waals surface area contributed by atoms with E-state index >= 15 is 0 Å². The molecule has 4 heteroatoms. The lowest BCUT2D eigenvalue weighted by atomic mass is 10.0. The Morgan fingerprint density at radius 2 is 2.11 bits per heavy atom. The molecule has 1 fully saturated rings. The van der Waals surface area contributed by atoms with Gasteiger partial charge < -0.3 is 0 Å². The van der Waals surface area contributed by atoms with Gasteiger partial charge in [0.05, 0.1) is 0 Å². The van der Waals surface area contributed by atoms with Crippen LogP contribution in [0, 0.1) is 0 Å². The first-order chi connectivity index (χ1) is 8.74. The molecule has 1 amide bonds. The highest BCUT2D eigenvalue weighted by Crippen LogP contribution is 2.24. The molecule has 3 rings (SSSR count). The van der Waals surface area contributed by atoms with Crippen LogP contribution in [0.3, 0.4) is 0 Å². The molecule has 0 unspecified atom stereocenters. The van der Waals surface area contributed by atoms with E-state index in [2.05, 4.69) is 45.0 Å². The van der Waals surface area contributed by atoms with E-state index in [9.17, 15) is 4.79 Å². The van der Waals surface area contributed by atoms with E-state index < -0.39 is 0 Å². The van der Waals surface area contributed by atoms with E-state index in [1.54, 1.807) is 0 Å². The zero-order valence-electron chi connectivity index (χ0n) is 9.53. The fraction of sp³-hybridized carbons (Fsp3) is 0.0714. The van der Waals surface area contributed by atoms with Crippen molar-refractivity contribution in [2.45, 2.75) is 0 Å². The lowest BCUT2D eigenvalue weighted by Crippen LogP contribution is -2.25. The van der Waals surface area contributed by atoms with Crippen molar-refractivity contribution in [3.8, 4) is 0 Å². The van der Waals surface area contributed by atoms with Crippen LogP contribution in [0.15, 0.2) is 46.4 Å². The minimum atomic E-state index is -0.0517. The standard InChI is InChI=1S/C14H11BrN2O/c15-12-4-5-13-9(2-1-3-10(13)7-12)6-11-8-16-17-14(11)18/h1-7,16H,8H2,(H,17,18)/b11-6+. The van der Waals surface area contributed by atoms with E-state index in [4.69, 9.17) is 0 Å². The maximum absolute atomic E-state index is 11.5. The summed E-state index contributed by atoms with van der Waals surface area (Å²) in [5.74, 6) is -0.0517. The van der Waals surface area contributed by atoms with Crippen molar-refractivity contribution < 1.29 is 4.79 Å². The van der Waals surface area contributed by atoms with Crippen molar-refractivity contribution in [2.75, 3.05) is 6.54 Å². The van der Waals surface area contributed by atoms with Gasteiger partial charge in [0.25, 0.3) is 5.91 Å². The summed E-state index contributed by atoms with van der Waals surface area (Å²) >= 11 is 3.47. The van der Waals surface area contributed by atoms with Crippen LogP contribution in [0.5, 0.6) is 0 Å². The Morgan fingerprint density at radius 1 is 1.22 bits per heavy atom. The fourth-order valence-corrected chi connectivity index (χ4v) is 2.47. The van der Waals surface area contributed by atoms with E-state index in [1.165, 1.54) is 0 Å². The summed E-state index contributed by atoms with van der Waals surface area (Å²) in [6.45, 7) is 0.561. The van der Waals surface area contributed by atoms with E-state index in [0.717, 1.165) is 26.4 Å². The number of benzene rings is 2. The molecule has 0 aromatic heterocycles. The monoisotopic (exact) mass is 302 g/mol. The molecule has 3 nitrogen and oxygen atoms in total. The number of hydrogen-bond donors (Lipinski definition) is 2. The fourth-order valence-electron chi connectivity index (χ4n) is 2.09. The first kappa shape index (κ1) is 11.4. The second kappa shape index (κ2) is 4.55. The average molecular weight is 303 g/mol. The van der Waals surface area contributed by atoms with Crippen LogP contribution in [0.2, 0.25) is 0 Å². The Hall–Kier alpha value is -1.65. The minimum Gasteiger partial charge on any atom is -0.287 e. The van der Waals surface area contributed by atoms with Gasteiger partial charge >= 0.3 is 0 Å². The zero-order valence-corrected chi connectivity index (χ0v) is 11.1. The summed E-state index contributed by atoms with van der Waals surface area (Å²) in [4.78, 5) is 11.5. The highest BCUT2D eigenvalue weighted by molar-refractivity contribution is 9.10. The second-order valence-corrected chi connectivity index (χ2v) is 5.11. The van der Waals surface area contributed by atoms with Crippen LogP contribution >= 0.6 is 15.9 Å². The van der Waals surface area contributed by atoms with Crippen molar-refractivity contribution in [1.82, 2.24) is 10.9 Å². The maximum atomic E-state index is 11.5. The molecule has 0 atom stereocenters. The topological polar surface area (TPSA) is 41.1 Å². The van der Waals surface area contributed by atoms with Crippen LogP contribution in [-0.2, 0) is 4.79 Å². The van der Waals surface area contributed by atoms with Crippen molar-refractivity contribution >= 4 is 38.7 Å². The molecule has 18 heavy (non-hydrogen) atoms. The van der Waals surface area contributed by atoms with Crippen molar-refractivity contribution in [3.05, 3.63) is 52.0 Å². The van der Waals surface area contributed by atoms with E-state index in [1.807, 2.05) is 24.3 Å². The molecule has 0 bridgehead atoms. The summed E-state index contributed by atoms with van der Waals surface area (Å²) in [6, 6.07) is 12.2. The first-order valence-corrected chi connectivity index (χ1v) is 6.45. The maximum Gasteiger partial charge on any atom is 0.262 e. The number of nitrogens with one attached hydrogen (secondary N) is 2. The molecule has 0 saturated carbocycles. The van der Waals surface area contributed by atoms with Gasteiger partial charge in [0.2, 0.25) is 0 Å². The molecule has 0 aliphatic carbocycles. The predicted octanol–water partition coefficient (Wildman–Crippen LogP) is 2.62. The van der Waals surface area contributed by atoms with Gasteiger partial charge in [0, 0.05) is 16.6 Å². The quantitative estimate of drug-likeness (QED) is 0.795. The van der Waals surface area contributed by atoms with Crippen LogP contribution in [0.25, 0.3) is 16.8 Å². The van der Waals surface area contributed by atoms with Crippen molar-refractivity contribution in [3.63, 3.8) is 0 Å². The van der Waals surface area contributed by atoms with Gasteiger partial charge in [0.1, 0.15) is 0 Å². The normalized spacial score (nSPS) is 17.4. The number of carbonyl (C=O) groups excluding carboxylic acids is 1. The smallest absolute Gasteiger partial charge is 0.262 e. The molecule has 2 N–H and O–H groups in total. The summed E-state index contributed by atoms with van der Waals surface area (Å²) < 4.78 is 1.06. The Balaban J connectivity index is 2.15. The Bertz CT molecular complexity index is 664. The molecule has 0 radical (unpaired) electrons. The number of halogens is 1. The van der Waals surface area contributed by atoms with E-state index in [0.29, 0.717) is 6.54 Å². The van der Waals surface area contributed by atoms with E-state index in [-0.39, 0.29) is 5.91 Å². The number of fused-ring (bicyclic) bond motifs is 1. The molecule has 90 valence electrons. The van der Waals surface area contributed by atoms with Gasteiger partial charge in [-0.15, -0.1) is 0 Å². The number of hydrogen-bond acceptors (Lipinski definition) is 2. The molecule has 1 aliphatic heterocycles. The highest BCUT2D eigenvalue weighted by Gasteiger charge is 2.15. The van der Waals surface area contributed by atoms with Crippen LogP contribution in [-0.4, -0.2) is 12.5 Å². The number of rotatable bonds is 1. The molecule has 1 saturated heterocycles. The number of carbonyl (C=O) groups is 1. The average Bonchev–Trinajstić information content (AvgIpc) is 2.75. The van der Waals surface area contributed by atoms with Gasteiger partial charge in [-0.2, -0.15) is 0 Å². The number of hydrazine groups is 1. The lowest BCUT2D eigenvalue weighted by molar-refractivity contribution is -0.116. The summed E-state index contributed by atoms with van der Waals surface area (Å²) in [7, 11) is 0. The van der Waals surface area contributed by atoms with Gasteiger partial charge in [-0.05, 0) is 34.5 Å². The Morgan fingerprint density at radius 3 is 2.89 bits per heavy atom. The van der Waals surface area contributed by atoms with Gasteiger partial charge in [-0.3, -0.25) is 10.2 Å². The third-order valence-electron chi connectivity index (χ3n) is 2.98. The molecule has 1 heterocycles. The Labute approximate surface area is 113 Å². The van der Waals surface area contributed by atoms with Gasteiger partial charge in [0.15, 0.2) is 0 Å². The van der Waals surface area contributed by atoms with Gasteiger partial charge in [-0.1, -0.05) is 40.2 Å². The largest absolute Gasteiger partial charge is 0.287 e. The van der Waals surface area contributed by atoms with Crippen molar-refractivity contribution in [2.24, 2.45) is 0 Å². The van der Waals surface area contributed by atoms with Crippen LogP contribution in [0.1, 0.15) is 5.56 Å². The predicted molar refractivity (Wildman–Crippen MR) is 75.8 cm³/mol. The molecular formula is C14H11BrN2O. The number of amides is 1.